The van der Waals surface area contributed by atoms with Gasteiger partial charge < -0.3 is 15.5 Å². The summed E-state index contributed by atoms with van der Waals surface area (Å²) in [4.78, 5) is 25.2. The number of carbonyl (C=O) groups excluding carboxylic acids is 2. The first-order chi connectivity index (χ1) is 11.5. The molecule has 0 saturated carbocycles. The number of hydrogen-bond acceptors (Lipinski definition) is 4. The minimum Gasteiger partial charge on any atom is -0.368 e. The largest absolute Gasteiger partial charge is 0.368 e. The Kier molecular flexibility index (Phi) is 5.28. The van der Waals surface area contributed by atoms with Crippen LogP contribution in [0.4, 0.5) is 10.1 Å². The predicted molar refractivity (Wildman–Crippen MR) is 93.9 cm³/mol. The lowest BCUT2D eigenvalue weighted by molar-refractivity contribution is -0.121. The Morgan fingerprint density at radius 2 is 2.17 bits per heavy atom. The van der Waals surface area contributed by atoms with E-state index in [1.807, 2.05) is 17.8 Å². The van der Waals surface area contributed by atoms with Crippen LogP contribution in [0, 0.1) is 5.82 Å². The summed E-state index contributed by atoms with van der Waals surface area (Å²) in [5.41, 5.74) is 1.32. The van der Waals surface area contributed by atoms with E-state index in [4.69, 9.17) is 0 Å². The maximum Gasteiger partial charge on any atom is 0.227 e. The fourth-order valence-electron chi connectivity index (χ4n) is 3.24. The Labute approximate surface area is 145 Å². The molecule has 2 aliphatic rings. The summed E-state index contributed by atoms with van der Waals surface area (Å²) in [5, 5.41) is 5.57. The van der Waals surface area contributed by atoms with Crippen molar-refractivity contribution in [1.82, 2.24) is 10.6 Å². The van der Waals surface area contributed by atoms with E-state index < -0.39 is 0 Å². The quantitative estimate of drug-likeness (QED) is 0.863. The molecule has 2 aliphatic heterocycles. The topological polar surface area (TPSA) is 61.4 Å². The van der Waals surface area contributed by atoms with Crippen molar-refractivity contribution in [3.63, 3.8) is 0 Å². The Balaban J connectivity index is 1.69. The number of carbonyl (C=O) groups is 2. The van der Waals surface area contributed by atoms with Crippen LogP contribution in [-0.2, 0) is 9.59 Å². The van der Waals surface area contributed by atoms with Crippen LogP contribution in [0.15, 0.2) is 18.2 Å². The molecular weight excluding hydrogens is 329 g/mol. The second-order valence-electron chi connectivity index (χ2n) is 6.24. The summed E-state index contributed by atoms with van der Waals surface area (Å²) in [7, 11) is 0. The molecule has 2 N–H and O–H groups in total. The van der Waals surface area contributed by atoms with E-state index in [1.54, 1.807) is 6.07 Å². The molecule has 3 rings (SSSR count). The van der Waals surface area contributed by atoms with Crippen molar-refractivity contribution in [2.75, 3.05) is 36.0 Å². The molecule has 0 spiro atoms. The lowest BCUT2D eigenvalue weighted by Crippen LogP contribution is -2.37. The zero-order valence-corrected chi connectivity index (χ0v) is 14.5. The molecule has 1 aromatic carbocycles. The monoisotopic (exact) mass is 351 g/mol. The molecule has 0 bridgehead atoms. The van der Waals surface area contributed by atoms with E-state index >= 15 is 0 Å². The van der Waals surface area contributed by atoms with Gasteiger partial charge in [-0.25, -0.2) is 4.39 Å². The molecule has 2 fully saturated rings. The highest BCUT2D eigenvalue weighted by Crippen LogP contribution is 2.31. The standard InChI is InChI=1S/C17H22FN3O2S/c1-11(22)19-10-13-9-14(17(23)20-13)12-2-3-16(15(18)8-12)21-4-6-24-7-5-21/h2-3,8,13-14H,4-7,9-10H2,1H3,(H,19,22)(H,20,23)/t13-,14-/m0/s1. The van der Waals surface area contributed by atoms with Crippen molar-refractivity contribution < 1.29 is 14.0 Å². The van der Waals surface area contributed by atoms with E-state index in [2.05, 4.69) is 15.5 Å². The fraction of sp³-hybridized carbons (Fsp3) is 0.529. The lowest BCUT2D eigenvalue weighted by atomic mass is 9.95. The summed E-state index contributed by atoms with van der Waals surface area (Å²) < 4.78 is 14.5. The predicted octanol–water partition coefficient (Wildman–Crippen LogP) is 1.49. The number of benzene rings is 1. The Morgan fingerprint density at radius 1 is 1.42 bits per heavy atom. The summed E-state index contributed by atoms with van der Waals surface area (Å²) >= 11 is 1.88. The van der Waals surface area contributed by atoms with Gasteiger partial charge in [-0.3, -0.25) is 9.59 Å². The summed E-state index contributed by atoms with van der Waals surface area (Å²) in [6.07, 6.45) is 0.568. The second kappa shape index (κ2) is 7.42. The molecule has 2 heterocycles. The number of halogens is 1. The van der Waals surface area contributed by atoms with Gasteiger partial charge in [-0.15, -0.1) is 0 Å². The van der Waals surface area contributed by atoms with Gasteiger partial charge in [0.1, 0.15) is 5.82 Å². The maximum absolute atomic E-state index is 14.5. The van der Waals surface area contributed by atoms with E-state index in [0.29, 0.717) is 24.2 Å². The van der Waals surface area contributed by atoms with Crippen LogP contribution < -0.4 is 15.5 Å². The van der Waals surface area contributed by atoms with Crippen LogP contribution in [0.5, 0.6) is 0 Å². The normalized spacial score (nSPS) is 23.9. The molecule has 2 saturated heterocycles. The third-order valence-corrected chi connectivity index (χ3v) is 5.45. The second-order valence-corrected chi connectivity index (χ2v) is 7.47. The Morgan fingerprint density at radius 3 is 2.83 bits per heavy atom. The smallest absolute Gasteiger partial charge is 0.227 e. The molecule has 0 aromatic heterocycles. The Hall–Kier alpha value is -1.76. The van der Waals surface area contributed by atoms with Crippen LogP contribution in [0.2, 0.25) is 0 Å². The van der Waals surface area contributed by atoms with Gasteiger partial charge in [0.25, 0.3) is 0 Å². The number of anilines is 1. The van der Waals surface area contributed by atoms with Crippen LogP contribution in [0.3, 0.4) is 0 Å². The maximum atomic E-state index is 14.5. The van der Waals surface area contributed by atoms with Crippen molar-refractivity contribution in [2.45, 2.75) is 25.3 Å². The number of nitrogens with one attached hydrogen (secondary N) is 2. The highest BCUT2D eigenvalue weighted by Gasteiger charge is 2.33. The number of rotatable bonds is 4. The number of thioether (sulfide) groups is 1. The molecule has 130 valence electrons. The van der Waals surface area contributed by atoms with Crippen LogP contribution in [-0.4, -0.2) is 49.0 Å². The molecule has 2 amide bonds. The van der Waals surface area contributed by atoms with Crippen molar-refractivity contribution in [1.29, 1.82) is 0 Å². The number of hydrogen-bond donors (Lipinski definition) is 2. The lowest BCUT2D eigenvalue weighted by Gasteiger charge is -2.29. The van der Waals surface area contributed by atoms with Crippen molar-refractivity contribution in [2.24, 2.45) is 0 Å². The molecular formula is C17H22FN3O2S. The summed E-state index contributed by atoms with van der Waals surface area (Å²) in [6.45, 7) is 3.55. The first-order valence-corrected chi connectivity index (χ1v) is 9.37. The van der Waals surface area contributed by atoms with Gasteiger partial charge in [0.2, 0.25) is 11.8 Å². The highest BCUT2D eigenvalue weighted by molar-refractivity contribution is 7.99. The van der Waals surface area contributed by atoms with Gasteiger partial charge >= 0.3 is 0 Å². The van der Waals surface area contributed by atoms with E-state index in [-0.39, 0.29) is 29.6 Å². The van der Waals surface area contributed by atoms with Crippen LogP contribution >= 0.6 is 11.8 Å². The fourth-order valence-corrected chi connectivity index (χ4v) is 4.14. The van der Waals surface area contributed by atoms with Crippen LogP contribution in [0.25, 0.3) is 0 Å². The van der Waals surface area contributed by atoms with Gasteiger partial charge in [-0.05, 0) is 24.1 Å². The van der Waals surface area contributed by atoms with Crippen molar-refractivity contribution in [3.8, 4) is 0 Å². The number of amides is 2. The van der Waals surface area contributed by atoms with E-state index in [1.165, 1.54) is 13.0 Å². The third-order valence-electron chi connectivity index (χ3n) is 4.51. The molecule has 0 unspecified atom stereocenters. The van der Waals surface area contributed by atoms with E-state index in [0.717, 1.165) is 24.6 Å². The highest BCUT2D eigenvalue weighted by atomic mass is 32.2. The molecule has 2 atom stereocenters. The first kappa shape index (κ1) is 17.1. The SMILES string of the molecule is CC(=O)NC[C@@H]1C[C@@H](c2ccc(N3CCSCC3)c(F)c2)C(=O)N1. The van der Waals surface area contributed by atoms with Gasteiger partial charge in [0.15, 0.2) is 0 Å². The zero-order chi connectivity index (χ0) is 17.1. The third kappa shape index (κ3) is 3.83. The molecule has 1 aromatic rings. The average molecular weight is 351 g/mol. The van der Waals surface area contributed by atoms with Gasteiger partial charge in [-0.1, -0.05) is 6.07 Å². The Bertz CT molecular complexity index is 634. The van der Waals surface area contributed by atoms with Gasteiger partial charge in [-0.2, -0.15) is 11.8 Å². The van der Waals surface area contributed by atoms with Gasteiger partial charge in [0, 0.05) is 44.1 Å². The molecule has 0 aliphatic carbocycles. The summed E-state index contributed by atoms with van der Waals surface area (Å²) in [5.74, 6) is 1.17. The van der Waals surface area contributed by atoms with E-state index in [9.17, 15) is 14.0 Å². The zero-order valence-electron chi connectivity index (χ0n) is 13.7. The van der Waals surface area contributed by atoms with Crippen molar-refractivity contribution in [3.05, 3.63) is 29.6 Å². The molecule has 24 heavy (non-hydrogen) atoms. The van der Waals surface area contributed by atoms with Gasteiger partial charge in [0.05, 0.1) is 11.6 Å². The van der Waals surface area contributed by atoms with Crippen molar-refractivity contribution >= 4 is 29.3 Å². The minimum absolute atomic E-state index is 0.103. The molecule has 0 radical (unpaired) electrons. The molecule has 5 nitrogen and oxygen atoms in total. The van der Waals surface area contributed by atoms with Crippen LogP contribution in [0.1, 0.15) is 24.8 Å². The minimum atomic E-state index is -0.357. The summed E-state index contributed by atoms with van der Waals surface area (Å²) in [6, 6.07) is 5.02. The first-order valence-electron chi connectivity index (χ1n) is 8.21. The molecule has 7 heteroatoms. The average Bonchev–Trinajstić information content (AvgIpc) is 2.94. The number of nitrogens with zero attached hydrogens (tertiary/aromatic N) is 1.